The highest BCUT2D eigenvalue weighted by molar-refractivity contribution is 6.01. The van der Waals surface area contributed by atoms with Crippen LogP contribution in [0.1, 0.15) is 11.1 Å². The molecule has 4 nitrogen and oxygen atoms in total. The zero-order valence-corrected chi connectivity index (χ0v) is 14.8. The maximum atomic E-state index is 12.4. The Morgan fingerprint density at radius 3 is 2.59 bits per heavy atom. The molecule has 0 radical (unpaired) electrons. The number of carbonyl (C=O) groups excluding carboxylic acids is 1. The third-order valence-electron chi connectivity index (χ3n) is 4.44. The largest absolute Gasteiger partial charge is 0.483 e. The van der Waals surface area contributed by atoms with Gasteiger partial charge in [-0.3, -0.25) is 4.79 Å². The number of nitrogens with one attached hydrogen (secondary N) is 2. The quantitative estimate of drug-likeness (QED) is 0.522. The maximum Gasteiger partial charge on any atom is 0.262 e. The van der Waals surface area contributed by atoms with Crippen LogP contribution < -0.4 is 10.1 Å². The first-order valence-corrected chi connectivity index (χ1v) is 8.90. The lowest BCUT2D eigenvalue weighted by Gasteiger charge is -2.12. The van der Waals surface area contributed by atoms with Gasteiger partial charge in [0.15, 0.2) is 6.61 Å². The lowest BCUT2D eigenvalue weighted by Crippen LogP contribution is -2.20. The van der Waals surface area contributed by atoms with Gasteiger partial charge in [0, 0.05) is 23.5 Å². The van der Waals surface area contributed by atoms with Gasteiger partial charge in [-0.2, -0.15) is 0 Å². The van der Waals surface area contributed by atoms with Gasteiger partial charge in [-0.15, -0.1) is 0 Å². The van der Waals surface area contributed by atoms with E-state index < -0.39 is 0 Å². The van der Waals surface area contributed by atoms with Crippen molar-refractivity contribution < 1.29 is 9.53 Å². The average molecular weight is 356 g/mol. The fourth-order valence-corrected chi connectivity index (χ4v) is 3.13. The van der Waals surface area contributed by atoms with Crippen molar-refractivity contribution in [2.45, 2.75) is 6.42 Å². The van der Waals surface area contributed by atoms with Gasteiger partial charge in [0.05, 0.1) is 5.69 Å². The molecule has 27 heavy (non-hydrogen) atoms. The first-order valence-electron chi connectivity index (χ1n) is 8.90. The Morgan fingerprint density at radius 2 is 1.70 bits per heavy atom. The van der Waals surface area contributed by atoms with Gasteiger partial charge < -0.3 is 15.0 Å². The summed E-state index contributed by atoms with van der Waals surface area (Å²) < 4.78 is 5.82. The van der Waals surface area contributed by atoms with Crippen molar-refractivity contribution in [3.05, 3.63) is 96.2 Å². The summed E-state index contributed by atoms with van der Waals surface area (Å²) in [7, 11) is 0. The minimum atomic E-state index is -0.182. The van der Waals surface area contributed by atoms with Crippen LogP contribution in [0.25, 0.3) is 10.9 Å². The number of amides is 1. The van der Waals surface area contributed by atoms with E-state index in [-0.39, 0.29) is 12.5 Å². The molecule has 4 rings (SSSR count). The molecule has 4 heteroatoms. The van der Waals surface area contributed by atoms with E-state index >= 15 is 0 Å². The minimum absolute atomic E-state index is 0.0351. The highest BCUT2D eigenvalue weighted by atomic mass is 16.5. The molecule has 0 spiro atoms. The van der Waals surface area contributed by atoms with Gasteiger partial charge in [-0.25, -0.2) is 0 Å². The van der Waals surface area contributed by atoms with Crippen molar-refractivity contribution in [3.63, 3.8) is 0 Å². The topological polar surface area (TPSA) is 54.1 Å². The molecule has 1 amide bonds. The number of H-pyrrole nitrogens is 1. The molecule has 0 aliphatic heterocycles. The zero-order valence-electron chi connectivity index (χ0n) is 14.8. The predicted octanol–water partition coefficient (Wildman–Crippen LogP) is 4.78. The summed E-state index contributed by atoms with van der Waals surface area (Å²) in [5.41, 5.74) is 4.03. The number of fused-ring (bicyclic) bond motifs is 1. The minimum Gasteiger partial charge on any atom is -0.483 e. The Labute approximate surface area is 157 Å². The highest BCUT2D eigenvalue weighted by Crippen LogP contribution is 2.23. The van der Waals surface area contributed by atoms with Crippen LogP contribution in [-0.4, -0.2) is 17.5 Å². The lowest BCUT2D eigenvalue weighted by atomic mass is 10.0. The van der Waals surface area contributed by atoms with Crippen LogP contribution in [0, 0.1) is 0 Å². The Morgan fingerprint density at radius 1 is 0.889 bits per heavy atom. The lowest BCUT2D eigenvalue weighted by molar-refractivity contribution is -0.118. The third-order valence-corrected chi connectivity index (χ3v) is 4.44. The van der Waals surface area contributed by atoms with Crippen molar-refractivity contribution in [3.8, 4) is 5.75 Å². The van der Waals surface area contributed by atoms with Gasteiger partial charge >= 0.3 is 0 Å². The van der Waals surface area contributed by atoms with Crippen LogP contribution in [-0.2, 0) is 11.2 Å². The second-order valence-electron chi connectivity index (χ2n) is 6.35. The summed E-state index contributed by atoms with van der Waals surface area (Å²) in [5.74, 6) is 0.551. The number of aromatic nitrogens is 1. The molecule has 0 atom stereocenters. The molecular weight excluding hydrogens is 336 g/mol. The van der Waals surface area contributed by atoms with Crippen LogP contribution >= 0.6 is 0 Å². The fourth-order valence-electron chi connectivity index (χ4n) is 3.13. The predicted molar refractivity (Wildman–Crippen MR) is 108 cm³/mol. The highest BCUT2D eigenvalue weighted by Gasteiger charge is 2.09. The number of hydrogen-bond acceptors (Lipinski definition) is 2. The number of anilines is 1. The Bertz CT molecular complexity index is 1050. The van der Waals surface area contributed by atoms with Crippen LogP contribution in [0.2, 0.25) is 0 Å². The van der Waals surface area contributed by atoms with Crippen LogP contribution in [0.4, 0.5) is 5.69 Å². The average Bonchev–Trinajstić information content (AvgIpc) is 3.18. The third kappa shape index (κ3) is 4.01. The molecule has 4 aromatic rings. The van der Waals surface area contributed by atoms with E-state index in [1.54, 1.807) is 0 Å². The van der Waals surface area contributed by atoms with E-state index in [4.69, 9.17) is 4.74 Å². The number of aromatic amines is 1. The SMILES string of the molecule is O=C(COc1ccccc1Cc1ccccc1)Nc1cccc2[nH]ccc12. The van der Waals surface area contributed by atoms with Crippen molar-refractivity contribution in [2.24, 2.45) is 0 Å². The molecule has 1 heterocycles. The number of ether oxygens (including phenoxy) is 1. The van der Waals surface area contributed by atoms with Crippen molar-refractivity contribution in [1.29, 1.82) is 0 Å². The van der Waals surface area contributed by atoms with Crippen LogP contribution in [0.3, 0.4) is 0 Å². The van der Waals surface area contributed by atoms with Crippen molar-refractivity contribution in [1.82, 2.24) is 4.98 Å². The molecule has 3 aromatic carbocycles. The number of carbonyl (C=O) groups is 1. The number of benzene rings is 3. The molecule has 2 N–H and O–H groups in total. The molecule has 0 unspecified atom stereocenters. The fraction of sp³-hybridized carbons (Fsp3) is 0.0870. The Balaban J connectivity index is 1.43. The van der Waals surface area contributed by atoms with E-state index in [9.17, 15) is 4.79 Å². The molecular formula is C23H20N2O2. The van der Waals surface area contributed by atoms with E-state index in [1.807, 2.05) is 72.9 Å². The van der Waals surface area contributed by atoms with E-state index in [1.165, 1.54) is 5.56 Å². The van der Waals surface area contributed by atoms with Gasteiger partial charge in [0.25, 0.3) is 5.91 Å². The number of hydrogen-bond donors (Lipinski definition) is 2. The Kier molecular flexibility index (Phi) is 4.88. The summed E-state index contributed by atoms with van der Waals surface area (Å²) >= 11 is 0. The summed E-state index contributed by atoms with van der Waals surface area (Å²) in [6.07, 6.45) is 2.62. The summed E-state index contributed by atoms with van der Waals surface area (Å²) in [4.78, 5) is 15.5. The maximum absolute atomic E-state index is 12.4. The van der Waals surface area contributed by atoms with Gasteiger partial charge in [-0.05, 0) is 35.4 Å². The van der Waals surface area contributed by atoms with E-state index in [2.05, 4.69) is 22.4 Å². The van der Waals surface area contributed by atoms with E-state index in [0.717, 1.165) is 34.3 Å². The Hall–Kier alpha value is -3.53. The zero-order chi connectivity index (χ0) is 18.5. The molecule has 0 saturated carbocycles. The van der Waals surface area contributed by atoms with Crippen molar-refractivity contribution >= 4 is 22.5 Å². The molecule has 0 aliphatic rings. The molecule has 0 saturated heterocycles. The van der Waals surface area contributed by atoms with Crippen LogP contribution in [0.15, 0.2) is 85.1 Å². The van der Waals surface area contributed by atoms with Gasteiger partial charge in [0.2, 0.25) is 0 Å². The van der Waals surface area contributed by atoms with E-state index in [0.29, 0.717) is 0 Å². The second kappa shape index (κ2) is 7.79. The number of rotatable bonds is 6. The monoisotopic (exact) mass is 356 g/mol. The normalized spacial score (nSPS) is 10.7. The summed E-state index contributed by atoms with van der Waals surface area (Å²) in [6.45, 7) is -0.0351. The van der Waals surface area contributed by atoms with Crippen molar-refractivity contribution in [2.75, 3.05) is 11.9 Å². The first-order chi connectivity index (χ1) is 13.3. The summed E-state index contributed by atoms with van der Waals surface area (Å²) in [5, 5.41) is 3.91. The second-order valence-corrected chi connectivity index (χ2v) is 6.35. The van der Waals surface area contributed by atoms with Gasteiger partial charge in [-0.1, -0.05) is 54.6 Å². The molecule has 0 aliphatic carbocycles. The standard InChI is InChI=1S/C23H20N2O2/c26-23(25-21-11-6-10-20-19(21)13-14-24-20)16-27-22-12-5-4-9-18(22)15-17-7-2-1-3-8-17/h1-14,24H,15-16H2,(H,25,26). The first kappa shape index (κ1) is 16.9. The van der Waals surface area contributed by atoms with Crippen LogP contribution in [0.5, 0.6) is 5.75 Å². The number of para-hydroxylation sites is 1. The molecule has 0 fully saturated rings. The molecule has 1 aromatic heterocycles. The van der Waals surface area contributed by atoms with Gasteiger partial charge in [0.1, 0.15) is 5.75 Å². The molecule has 0 bridgehead atoms. The summed E-state index contributed by atoms with van der Waals surface area (Å²) in [6, 6.07) is 25.8. The molecule has 134 valence electrons. The smallest absolute Gasteiger partial charge is 0.262 e.